The van der Waals surface area contributed by atoms with Crippen LogP contribution in [-0.2, 0) is 16.4 Å². The van der Waals surface area contributed by atoms with Gasteiger partial charge in [0.05, 0.1) is 11.6 Å². The predicted octanol–water partition coefficient (Wildman–Crippen LogP) is 2.89. The Hall–Kier alpha value is -1.77. The largest absolute Gasteiger partial charge is 0.478 e. The van der Waals surface area contributed by atoms with E-state index in [-0.39, 0.29) is 6.54 Å². The molecule has 0 saturated carbocycles. The maximum Gasteiger partial charge on any atom is 0.338 e. The van der Waals surface area contributed by atoms with Crippen molar-refractivity contribution in [3.63, 3.8) is 0 Å². The molecule has 0 amide bonds. The van der Waals surface area contributed by atoms with Crippen LogP contribution in [0.4, 0.5) is 4.39 Å². The van der Waals surface area contributed by atoms with E-state index in [9.17, 15) is 17.6 Å². The summed E-state index contributed by atoms with van der Waals surface area (Å²) in [7, 11) is -4.12. The lowest BCUT2D eigenvalue weighted by molar-refractivity contribution is 0.0691. The Morgan fingerprint density at radius 2 is 2.13 bits per heavy atom. The molecule has 1 aromatic heterocycles. The van der Waals surface area contributed by atoms with Crippen molar-refractivity contribution in [3.05, 3.63) is 51.5 Å². The number of rotatable bonds is 3. The lowest BCUT2D eigenvalue weighted by atomic mass is 10.1. The van der Waals surface area contributed by atoms with Crippen molar-refractivity contribution >= 4 is 27.3 Å². The molecule has 8 heteroatoms. The molecule has 1 atom stereocenters. The monoisotopic (exact) mass is 355 g/mol. The van der Waals surface area contributed by atoms with Crippen molar-refractivity contribution in [1.29, 1.82) is 0 Å². The van der Waals surface area contributed by atoms with E-state index >= 15 is 0 Å². The SMILES string of the molecule is CC1c2sccc2CCN1S(=O)(=O)c1cccc(C(=O)O)c1F. The molecule has 23 heavy (non-hydrogen) atoms. The van der Waals surface area contributed by atoms with Crippen LogP contribution in [0.3, 0.4) is 0 Å². The van der Waals surface area contributed by atoms with Crippen molar-refractivity contribution < 1.29 is 22.7 Å². The molecule has 0 spiro atoms. The first-order chi connectivity index (χ1) is 10.8. The number of halogens is 1. The first kappa shape index (κ1) is 16.1. The molecular weight excluding hydrogens is 341 g/mol. The average Bonchev–Trinajstić information content (AvgIpc) is 2.96. The van der Waals surface area contributed by atoms with E-state index in [0.29, 0.717) is 6.42 Å². The maximum atomic E-state index is 14.4. The van der Waals surface area contributed by atoms with Crippen LogP contribution in [0.1, 0.15) is 33.8 Å². The first-order valence-corrected chi connectivity index (χ1v) is 9.26. The summed E-state index contributed by atoms with van der Waals surface area (Å²) in [5.74, 6) is -2.71. The third-order valence-electron chi connectivity index (χ3n) is 3.97. The van der Waals surface area contributed by atoms with Crippen LogP contribution >= 0.6 is 11.3 Å². The van der Waals surface area contributed by atoms with Crippen LogP contribution in [0.2, 0.25) is 0 Å². The maximum absolute atomic E-state index is 14.4. The molecule has 1 aliphatic heterocycles. The number of hydrogen-bond donors (Lipinski definition) is 1. The van der Waals surface area contributed by atoms with Gasteiger partial charge in [0.1, 0.15) is 4.90 Å². The summed E-state index contributed by atoms with van der Waals surface area (Å²) in [6, 6.07) is 4.95. The fourth-order valence-corrected chi connectivity index (χ4v) is 5.59. The van der Waals surface area contributed by atoms with Crippen molar-refractivity contribution in [3.8, 4) is 0 Å². The summed E-state index contributed by atoms with van der Waals surface area (Å²) in [4.78, 5) is 11.4. The number of carboxylic acid groups (broad SMARTS) is 1. The molecular formula is C15H14FNO4S2. The van der Waals surface area contributed by atoms with Crippen molar-refractivity contribution in [2.45, 2.75) is 24.3 Å². The van der Waals surface area contributed by atoms with Crippen molar-refractivity contribution in [2.24, 2.45) is 0 Å². The number of carbonyl (C=O) groups is 1. The van der Waals surface area contributed by atoms with E-state index in [1.165, 1.54) is 21.7 Å². The van der Waals surface area contributed by atoms with Gasteiger partial charge in [-0.2, -0.15) is 4.31 Å². The van der Waals surface area contributed by atoms with E-state index in [1.807, 2.05) is 11.4 Å². The molecule has 1 unspecified atom stereocenters. The predicted molar refractivity (Wildman–Crippen MR) is 83.7 cm³/mol. The lowest BCUT2D eigenvalue weighted by Gasteiger charge is -2.32. The number of aromatic carboxylic acids is 1. The fraction of sp³-hybridized carbons (Fsp3) is 0.267. The van der Waals surface area contributed by atoms with E-state index in [1.54, 1.807) is 6.92 Å². The Bertz CT molecular complexity index is 875. The van der Waals surface area contributed by atoms with Crippen LogP contribution in [0.25, 0.3) is 0 Å². The second-order valence-electron chi connectivity index (χ2n) is 5.27. The van der Waals surface area contributed by atoms with Gasteiger partial charge >= 0.3 is 5.97 Å². The summed E-state index contributed by atoms with van der Waals surface area (Å²) < 4.78 is 41.2. The summed E-state index contributed by atoms with van der Waals surface area (Å²) in [5, 5.41) is 10.9. The van der Waals surface area contributed by atoms with Gasteiger partial charge in [-0.1, -0.05) is 6.07 Å². The van der Waals surface area contributed by atoms with Gasteiger partial charge in [-0.25, -0.2) is 17.6 Å². The van der Waals surface area contributed by atoms with Gasteiger partial charge in [0.25, 0.3) is 0 Å². The van der Waals surface area contributed by atoms with Crippen LogP contribution in [0, 0.1) is 5.82 Å². The number of carboxylic acids is 1. The number of thiophene rings is 1. The second-order valence-corrected chi connectivity index (χ2v) is 8.08. The Labute approximate surface area is 137 Å². The van der Waals surface area contributed by atoms with E-state index in [4.69, 9.17) is 5.11 Å². The van der Waals surface area contributed by atoms with Gasteiger partial charge in [-0.3, -0.25) is 0 Å². The molecule has 0 saturated heterocycles. The number of sulfonamides is 1. The molecule has 0 aliphatic carbocycles. The summed E-state index contributed by atoms with van der Waals surface area (Å²) in [5.41, 5.74) is 0.459. The first-order valence-electron chi connectivity index (χ1n) is 6.94. The number of hydrogen-bond acceptors (Lipinski definition) is 4. The minimum absolute atomic E-state index is 0.240. The van der Waals surface area contributed by atoms with Crippen LogP contribution in [0.15, 0.2) is 34.5 Å². The van der Waals surface area contributed by atoms with E-state index in [0.717, 1.165) is 22.6 Å². The molecule has 0 fully saturated rings. The highest BCUT2D eigenvalue weighted by Gasteiger charge is 2.36. The van der Waals surface area contributed by atoms with Gasteiger partial charge in [0, 0.05) is 11.4 Å². The molecule has 1 aliphatic rings. The van der Waals surface area contributed by atoms with Crippen LogP contribution < -0.4 is 0 Å². The molecule has 2 aromatic rings. The Kier molecular flexibility index (Phi) is 3.99. The van der Waals surface area contributed by atoms with Gasteiger partial charge < -0.3 is 5.11 Å². The molecule has 0 radical (unpaired) electrons. The standard InChI is InChI=1S/C15H14FNO4S2/c1-9-14-10(6-8-22-14)5-7-17(9)23(20,21)12-4-2-3-11(13(12)16)15(18)19/h2-4,6,8-9H,5,7H2,1H3,(H,18,19). The molecule has 3 rings (SSSR count). The van der Waals surface area contributed by atoms with Gasteiger partial charge in [-0.05, 0) is 42.5 Å². The van der Waals surface area contributed by atoms with E-state index in [2.05, 4.69) is 0 Å². The molecule has 5 nitrogen and oxygen atoms in total. The Balaban J connectivity index is 2.07. The highest BCUT2D eigenvalue weighted by molar-refractivity contribution is 7.89. The Morgan fingerprint density at radius 1 is 1.39 bits per heavy atom. The zero-order chi connectivity index (χ0) is 16.8. The van der Waals surface area contributed by atoms with Gasteiger partial charge in [-0.15, -0.1) is 11.3 Å². The zero-order valence-electron chi connectivity index (χ0n) is 12.2. The van der Waals surface area contributed by atoms with Gasteiger partial charge in [0.2, 0.25) is 10.0 Å². The highest BCUT2D eigenvalue weighted by Crippen LogP contribution is 2.37. The molecule has 1 aromatic carbocycles. The van der Waals surface area contributed by atoms with Crippen molar-refractivity contribution in [2.75, 3.05) is 6.54 Å². The molecule has 1 N–H and O–H groups in total. The average molecular weight is 355 g/mol. The summed E-state index contributed by atoms with van der Waals surface area (Å²) >= 11 is 1.47. The number of nitrogens with zero attached hydrogens (tertiary/aromatic N) is 1. The fourth-order valence-electron chi connectivity index (χ4n) is 2.81. The molecule has 0 bridgehead atoms. The third-order valence-corrected chi connectivity index (χ3v) is 7.09. The number of fused-ring (bicyclic) bond motifs is 1. The minimum Gasteiger partial charge on any atom is -0.478 e. The van der Waals surface area contributed by atoms with Crippen LogP contribution in [-0.4, -0.2) is 30.3 Å². The third kappa shape index (κ3) is 2.56. The van der Waals surface area contributed by atoms with Gasteiger partial charge in [0.15, 0.2) is 5.82 Å². The lowest BCUT2D eigenvalue weighted by Crippen LogP contribution is -2.38. The van der Waals surface area contributed by atoms with E-state index < -0.39 is 38.3 Å². The highest BCUT2D eigenvalue weighted by atomic mass is 32.2. The topological polar surface area (TPSA) is 74.7 Å². The zero-order valence-corrected chi connectivity index (χ0v) is 13.8. The molecule has 122 valence electrons. The summed E-state index contributed by atoms with van der Waals surface area (Å²) in [6.45, 7) is 2.00. The van der Waals surface area contributed by atoms with Crippen LogP contribution in [0.5, 0.6) is 0 Å². The minimum atomic E-state index is -4.12. The number of benzene rings is 1. The summed E-state index contributed by atoms with van der Waals surface area (Å²) in [6.07, 6.45) is 0.558. The normalized spacial score (nSPS) is 18.6. The second kappa shape index (κ2) is 5.70. The Morgan fingerprint density at radius 3 is 2.83 bits per heavy atom. The van der Waals surface area contributed by atoms with Crippen molar-refractivity contribution in [1.82, 2.24) is 4.31 Å². The quantitative estimate of drug-likeness (QED) is 0.919. The molecule has 2 heterocycles. The smallest absolute Gasteiger partial charge is 0.338 e.